The Balaban J connectivity index is 1.87. The van der Waals surface area contributed by atoms with Crippen molar-refractivity contribution in [3.63, 3.8) is 0 Å². The molecule has 0 unspecified atom stereocenters. The molecule has 45 heavy (non-hydrogen) atoms. The largest absolute Gasteiger partial charge is 0.398 e. The number of amides is 1. The number of hydrogen-bond donors (Lipinski definition) is 1. The number of anilines is 2. The number of halogens is 2. The fourth-order valence-corrected chi connectivity index (χ4v) is 6.50. The number of sulfone groups is 1. The Morgan fingerprint density at radius 3 is 2.60 bits per heavy atom. The predicted molar refractivity (Wildman–Crippen MR) is 163 cm³/mol. The highest BCUT2D eigenvalue weighted by Gasteiger charge is 2.36. The van der Waals surface area contributed by atoms with Crippen LogP contribution in [0, 0.1) is 29.9 Å². The molecule has 0 radical (unpaired) electrons. The van der Waals surface area contributed by atoms with Crippen LogP contribution in [0.25, 0.3) is 28.0 Å². The molecule has 1 saturated heterocycles. The molecule has 1 aliphatic rings. The van der Waals surface area contributed by atoms with Crippen molar-refractivity contribution in [3.8, 4) is 23.0 Å². The molecule has 2 N–H and O–H groups in total. The summed E-state index contributed by atoms with van der Waals surface area (Å²) in [4.78, 5) is 42.3. The molecule has 1 aromatic carbocycles. The summed E-state index contributed by atoms with van der Waals surface area (Å²) in [6, 6.07) is 6.99. The second-order valence-electron chi connectivity index (χ2n) is 10.7. The Hall–Kier alpha value is -5.23. The van der Waals surface area contributed by atoms with Crippen LogP contribution in [0.4, 0.5) is 20.3 Å². The zero-order valence-electron chi connectivity index (χ0n) is 24.5. The third-order valence-electron chi connectivity index (χ3n) is 7.68. The van der Waals surface area contributed by atoms with Gasteiger partial charge in [0.05, 0.1) is 45.8 Å². The topological polar surface area (TPSA) is 168 Å². The molecule has 232 valence electrons. The van der Waals surface area contributed by atoms with Gasteiger partial charge in [0.1, 0.15) is 17.3 Å². The van der Waals surface area contributed by atoms with Gasteiger partial charge in [-0.2, -0.15) is 10.2 Å². The molecular formula is C30H28F2N8O4S. The van der Waals surface area contributed by atoms with Crippen LogP contribution in [-0.4, -0.2) is 70.2 Å². The maximum absolute atomic E-state index is 16.0. The molecule has 2 atom stereocenters. The quantitative estimate of drug-likeness (QED) is 0.246. The molecule has 0 spiro atoms. The Morgan fingerprint density at radius 1 is 1.22 bits per heavy atom. The van der Waals surface area contributed by atoms with Crippen LogP contribution < -0.4 is 16.3 Å². The Labute approximate surface area is 257 Å². The van der Waals surface area contributed by atoms with Crippen LogP contribution in [0.1, 0.15) is 19.0 Å². The summed E-state index contributed by atoms with van der Waals surface area (Å²) in [6.07, 6.45) is 3.32. The minimum atomic E-state index is -3.94. The SMILES string of the molecule is C=CC(=O)N1C[C@H](C)N(c2nc(=O)n(-c3c(S(C)(=O)=O)ccnc3C)c3nc(-c4c(N)cccc4F)c(F)cc23)C[C@@H]1CC#N. The van der Waals surface area contributed by atoms with E-state index in [1.807, 2.05) is 0 Å². The standard InChI is InChI=1S/C30H28F2N8O4S/c1-5-24(41)39-14-16(2)38(15-18(39)9-11-33)28-19-13-21(32)26(25-20(31)7-6-8-22(25)34)36-29(19)40(30(42)37-28)27-17(3)35-12-10-23(27)45(4,43)44/h5-8,10,12-13,16,18H,1,9,14-15,34H2,2-4H3/t16-,18-/m0/s1. The van der Waals surface area contributed by atoms with Gasteiger partial charge in [-0.25, -0.2) is 31.5 Å². The lowest BCUT2D eigenvalue weighted by Gasteiger charge is -2.45. The van der Waals surface area contributed by atoms with Gasteiger partial charge in [-0.15, -0.1) is 0 Å². The number of nitrogen functional groups attached to an aromatic ring is 1. The second-order valence-corrected chi connectivity index (χ2v) is 12.7. The number of aromatic nitrogens is 4. The maximum atomic E-state index is 16.0. The van der Waals surface area contributed by atoms with Crippen molar-refractivity contribution >= 4 is 38.3 Å². The van der Waals surface area contributed by atoms with E-state index < -0.39 is 44.9 Å². The van der Waals surface area contributed by atoms with Gasteiger partial charge in [-0.05, 0) is 44.2 Å². The Bertz CT molecular complexity index is 2070. The summed E-state index contributed by atoms with van der Waals surface area (Å²) in [7, 11) is -3.94. The number of pyridine rings is 2. The molecule has 4 aromatic rings. The monoisotopic (exact) mass is 634 g/mol. The van der Waals surface area contributed by atoms with Crippen molar-refractivity contribution in [2.45, 2.75) is 37.2 Å². The van der Waals surface area contributed by atoms with Gasteiger partial charge >= 0.3 is 5.69 Å². The lowest BCUT2D eigenvalue weighted by atomic mass is 10.0. The lowest BCUT2D eigenvalue weighted by Crippen LogP contribution is -2.59. The van der Waals surface area contributed by atoms with E-state index in [0.717, 1.165) is 29.0 Å². The maximum Gasteiger partial charge on any atom is 0.355 e. The number of rotatable bonds is 6. The number of carbonyl (C=O) groups is 1. The fourth-order valence-electron chi connectivity index (χ4n) is 5.60. The molecule has 1 amide bonds. The normalized spacial score (nSPS) is 16.9. The van der Waals surface area contributed by atoms with Gasteiger partial charge in [0, 0.05) is 37.3 Å². The minimum Gasteiger partial charge on any atom is -0.398 e. The zero-order valence-corrected chi connectivity index (χ0v) is 25.3. The van der Waals surface area contributed by atoms with E-state index in [4.69, 9.17) is 5.73 Å². The molecule has 3 aromatic heterocycles. The minimum absolute atomic E-state index is 0.0143. The summed E-state index contributed by atoms with van der Waals surface area (Å²) >= 11 is 0. The van der Waals surface area contributed by atoms with Crippen LogP contribution in [0.5, 0.6) is 0 Å². The number of piperazine rings is 1. The number of nitrogens with two attached hydrogens (primary N) is 1. The number of benzene rings is 1. The molecule has 15 heteroatoms. The molecule has 12 nitrogen and oxygen atoms in total. The Morgan fingerprint density at radius 2 is 1.96 bits per heavy atom. The summed E-state index contributed by atoms with van der Waals surface area (Å²) < 4.78 is 57.6. The van der Waals surface area contributed by atoms with E-state index in [2.05, 4.69) is 27.6 Å². The first-order chi connectivity index (χ1) is 21.3. The van der Waals surface area contributed by atoms with Gasteiger partial charge < -0.3 is 15.5 Å². The third kappa shape index (κ3) is 5.48. The van der Waals surface area contributed by atoms with Crippen molar-refractivity contribution in [2.24, 2.45) is 0 Å². The summed E-state index contributed by atoms with van der Waals surface area (Å²) in [5, 5.41) is 9.46. The van der Waals surface area contributed by atoms with Gasteiger partial charge in [-0.3, -0.25) is 9.78 Å². The van der Waals surface area contributed by atoms with Crippen molar-refractivity contribution in [1.29, 1.82) is 5.26 Å². The number of nitriles is 1. The highest BCUT2D eigenvalue weighted by Crippen LogP contribution is 2.36. The smallest absolute Gasteiger partial charge is 0.355 e. The van der Waals surface area contributed by atoms with Crippen LogP contribution in [0.3, 0.4) is 0 Å². The molecule has 4 heterocycles. The van der Waals surface area contributed by atoms with Crippen molar-refractivity contribution in [3.05, 3.63) is 77.0 Å². The first-order valence-corrected chi connectivity index (χ1v) is 15.6. The van der Waals surface area contributed by atoms with Gasteiger partial charge in [-0.1, -0.05) is 12.6 Å². The van der Waals surface area contributed by atoms with E-state index in [9.17, 15) is 23.3 Å². The molecule has 0 bridgehead atoms. The van der Waals surface area contributed by atoms with Crippen LogP contribution in [0.2, 0.25) is 0 Å². The highest BCUT2D eigenvalue weighted by molar-refractivity contribution is 7.90. The van der Waals surface area contributed by atoms with E-state index >= 15 is 8.78 Å². The first kappa shape index (κ1) is 31.2. The summed E-state index contributed by atoms with van der Waals surface area (Å²) in [5.74, 6) is -2.25. The van der Waals surface area contributed by atoms with Crippen molar-refractivity contribution in [1.82, 2.24) is 24.4 Å². The van der Waals surface area contributed by atoms with Gasteiger partial charge in [0.15, 0.2) is 21.3 Å². The van der Waals surface area contributed by atoms with Gasteiger partial charge in [0.25, 0.3) is 0 Å². The summed E-state index contributed by atoms with van der Waals surface area (Å²) in [5.41, 5.74) is 3.81. The van der Waals surface area contributed by atoms with Crippen LogP contribution >= 0.6 is 0 Å². The van der Waals surface area contributed by atoms with Crippen molar-refractivity contribution in [2.75, 3.05) is 30.0 Å². The number of nitrogens with zero attached hydrogens (tertiary/aromatic N) is 7. The average Bonchev–Trinajstić information content (AvgIpc) is 2.97. The third-order valence-corrected chi connectivity index (χ3v) is 8.80. The number of carbonyl (C=O) groups excluding carboxylic acids is 1. The van der Waals surface area contributed by atoms with E-state index in [1.54, 1.807) is 11.8 Å². The molecule has 1 fully saturated rings. The number of hydrogen-bond acceptors (Lipinski definition) is 10. The van der Waals surface area contributed by atoms with Crippen LogP contribution in [0.15, 0.2) is 58.9 Å². The molecule has 5 rings (SSSR count). The highest BCUT2D eigenvalue weighted by atomic mass is 32.2. The Kier molecular flexibility index (Phi) is 8.11. The molecular weight excluding hydrogens is 606 g/mol. The zero-order chi connectivity index (χ0) is 32.8. The van der Waals surface area contributed by atoms with Gasteiger partial charge in [0.2, 0.25) is 5.91 Å². The molecule has 0 saturated carbocycles. The lowest BCUT2D eigenvalue weighted by molar-refractivity contribution is -0.129. The van der Waals surface area contributed by atoms with Crippen LogP contribution in [-0.2, 0) is 14.6 Å². The molecule has 0 aliphatic carbocycles. The summed E-state index contributed by atoms with van der Waals surface area (Å²) in [6.45, 7) is 6.95. The van der Waals surface area contributed by atoms with E-state index in [-0.39, 0.29) is 69.8 Å². The second kappa shape index (κ2) is 11.7. The molecule has 1 aliphatic heterocycles. The number of aryl methyl sites for hydroxylation is 1. The first-order valence-electron chi connectivity index (χ1n) is 13.7. The number of fused-ring (bicyclic) bond motifs is 1. The fraction of sp³-hybridized carbons (Fsp3) is 0.267. The van der Waals surface area contributed by atoms with E-state index in [1.165, 1.54) is 36.2 Å². The average molecular weight is 635 g/mol. The van der Waals surface area contributed by atoms with E-state index in [0.29, 0.717) is 0 Å². The predicted octanol–water partition coefficient (Wildman–Crippen LogP) is 2.92. The van der Waals surface area contributed by atoms with Crippen molar-refractivity contribution < 1.29 is 22.0 Å².